The fraction of sp³-hybridized carbons (Fsp3) is 0.250. The third-order valence-corrected chi connectivity index (χ3v) is 5.19. The highest BCUT2D eigenvalue weighted by atomic mass is 35.5. The molecular formula is C16H15ClN4S. The van der Waals surface area contributed by atoms with E-state index in [2.05, 4.69) is 26.9 Å². The van der Waals surface area contributed by atoms with Gasteiger partial charge in [0.25, 0.3) is 0 Å². The molecule has 3 heterocycles. The van der Waals surface area contributed by atoms with Crippen LogP contribution in [0.25, 0.3) is 10.3 Å². The average Bonchev–Trinajstić information content (AvgIpc) is 3.00. The van der Waals surface area contributed by atoms with Crippen molar-refractivity contribution in [2.45, 2.75) is 0 Å². The first-order valence-corrected chi connectivity index (χ1v) is 8.46. The summed E-state index contributed by atoms with van der Waals surface area (Å²) < 4.78 is 0. The van der Waals surface area contributed by atoms with Crippen LogP contribution in [0.15, 0.2) is 42.6 Å². The molecule has 1 aliphatic heterocycles. The van der Waals surface area contributed by atoms with Crippen LogP contribution in [0.2, 0.25) is 5.02 Å². The number of nitrogens with zero attached hydrogens (tertiary/aromatic N) is 4. The van der Waals surface area contributed by atoms with E-state index in [1.165, 1.54) is 5.69 Å². The molecule has 0 spiro atoms. The molecule has 1 fully saturated rings. The van der Waals surface area contributed by atoms with Gasteiger partial charge in [0, 0.05) is 43.1 Å². The van der Waals surface area contributed by atoms with E-state index in [4.69, 9.17) is 16.6 Å². The Morgan fingerprint density at radius 2 is 1.68 bits per heavy atom. The first-order valence-electron chi connectivity index (χ1n) is 7.27. The van der Waals surface area contributed by atoms with Crippen molar-refractivity contribution in [2.75, 3.05) is 36.0 Å². The molecule has 4 rings (SSSR count). The van der Waals surface area contributed by atoms with Crippen LogP contribution in [0, 0.1) is 0 Å². The zero-order chi connectivity index (χ0) is 14.9. The van der Waals surface area contributed by atoms with Gasteiger partial charge in [-0.25, -0.2) is 9.97 Å². The van der Waals surface area contributed by atoms with E-state index in [1.807, 2.05) is 30.5 Å². The monoisotopic (exact) mass is 330 g/mol. The van der Waals surface area contributed by atoms with Crippen LogP contribution >= 0.6 is 22.9 Å². The molecule has 0 aliphatic carbocycles. The minimum absolute atomic E-state index is 0.782. The van der Waals surface area contributed by atoms with Gasteiger partial charge in [-0.15, -0.1) is 0 Å². The summed E-state index contributed by atoms with van der Waals surface area (Å²) in [5.74, 6) is 0. The number of piperazine rings is 1. The summed E-state index contributed by atoms with van der Waals surface area (Å²) in [5.41, 5.74) is 2.22. The fourth-order valence-electron chi connectivity index (χ4n) is 2.70. The van der Waals surface area contributed by atoms with Crippen LogP contribution in [0.5, 0.6) is 0 Å². The predicted molar refractivity (Wildman–Crippen MR) is 93.3 cm³/mol. The second kappa shape index (κ2) is 5.74. The quantitative estimate of drug-likeness (QED) is 0.717. The Morgan fingerprint density at radius 1 is 0.955 bits per heavy atom. The van der Waals surface area contributed by atoms with Gasteiger partial charge < -0.3 is 9.80 Å². The van der Waals surface area contributed by atoms with Crippen molar-refractivity contribution in [3.8, 4) is 0 Å². The lowest BCUT2D eigenvalue weighted by molar-refractivity contribution is 0.652. The van der Waals surface area contributed by atoms with Gasteiger partial charge >= 0.3 is 0 Å². The standard InChI is InChI=1S/C16H15ClN4S/c17-12-3-5-13(6-4-12)20-8-10-21(11-9-20)16-19-14-2-1-7-18-15(14)22-16/h1-7H,8-11H2. The molecule has 0 radical (unpaired) electrons. The number of pyridine rings is 1. The smallest absolute Gasteiger partial charge is 0.188 e. The molecule has 0 saturated carbocycles. The Hall–Kier alpha value is -1.85. The van der Waals surface area contributed by atoms with E-state index in [1.54, 1.807) is 11.3 Å². The van der Waals surface area contributed by atoms with Crippen molar-refractivity contribution in [1.82, 2.24) is 9.97 Å². The van der Waals surface area contributed by atoms with Crippen LogP contribution in [-0.2, 0) is 0 Å². The van der Waals surface area contributed by atoms with Gasteiger partial charge in [-0.2, -0.15) is 0 Å². The van der Waals surface area contributed by atoms with E-state index in [9.17, 15) is 0 Å². The van der Waals surface area contributed by atoms with Crippen LogP contribution < -0.4 is 9.80 Å². The number of benzene rings is 1. The molecule has 22 heavy (non-hydrogen) atoms. The Bertz CT molecular complexity index is 745. The van der Waals surface area contributed by atoms with Crippen LogP contribution in [0.1, 0.15) is 0 Å². The maximum atomic E-state index is 5.95. The summed E-state index contributed by atoms with van der Waals surface area (Å²) in [6, 6.07) is 12.0. The second-order valence-corrected chi connectivity index (χ2v) is 6.67. The second-order valence-electron chi connectivity index (χ2n) is 5.27. The maximum absolute atomic E-state index is 5.95. The van der Waals surface area contributed by atoms with Gasteiger partial charge in [0.2, 0.25) is 0 Å². The Labute approximate surface area is 138 Å². The molecule has 1 aromatic carbocycles. The number of aromatic nitrogens is 2. The van der Waals surface area contributed by atoms with E-state index in [0.29, 0.717) is 0 Å². The molecule has 6 heteroatoms. The Balaban J connectivity index is 1.48. The highest BCUT2D eigenvalue weighted by molar-refractivity contribution is 7.21. The van der Waals surface area contributed by atoms with E-state index >= 15 is 0 Å². The number of fused-ring (bicyclic) bond motifs is 1. The van der Waals surface area contributed by atoms with E-state index in [-0.39, 0.29) is 0 Å². The Kier molecular flexibility index (Phi) is 3.60. The molecule has 1 saturated heterocycles. The first-order chi connectivity index (χ1) is 10.8. The number of hydrogen-bond donors (Lipinski definition) is 0. The van der Waals surface area contributed by atoms with Crippen molar-refractivity contribution >= 4 is 44.1 Å². The Morgan fingerprint density at radius 3 is 2.41 bits per heavy atom. The number of rotatable bonds is 2. The molecular weight excluding hydrogens is 316 g/mol. The molecule has 0 atom stereocenters. The number of anilines is 2. The minimum atomic E-state index is 0.782. The normalized spacial score (nSPS) is 15.5. The highest BCUT2D eigenvalue weighted by Crippen LogP contribution is 2.28. The lowest BCUT2D eigenvalue weighted by atomic mass is 10.2. The van der Waals surface area contributed by atoms with Crippen molar-refractivity contribution < 1.29 is 0 Å². The summed E-state index contributed by atoms with van der Waals surface area (Å²) >= 11 is 7.62. The average molecular weight is 331 g/mol. The van der Waals surface area contributed by atoms with Crippen LogP contribution in [0.4, 0.5) is 10.8 Å². The van der Waals surface area contributed by atoms with Gasteiger partial charge in [0.05, 0.1) is 0 Å². The summed E-state index contributed by atoms with van der Waals surface area (Å²) in [4.78, 5) is 14.8. The van der Waals surface area contributed by atoms with E-state index in [0.717, 1.165) is 46.7 Å². The first kappa shape index (κ1) is 13.8. The van der Waals surface area contributed by atoms with Gasteiger partial charge in [0.1, 0.15) is 10.3 Å². The SMILES string of the molecule is Clc1ccc(N2CCN(c3nc4cccnc4s3)CC2)cc1. The highest BCUT2D eigenvalue weighted by Gasteiger charge is 2.20. The third-order valence-electron chi connectivity index (χ3n) is 3.90. The molecule has 0 unspecified atom stereocenters. The molecule has 2 aromatic heterocycles. The maximum Gasteiger partial charge on any atom is 0.188 e. The molecule has 4 nitrogen and oxygen atoms in total. The summed E-state index contributed by atoms with van der Waals surface area (Å²) in [5, 5.41) is 1.86. The molecule has 0 amide bonds. The number of thiazole rings is 1. The largest absolute Gasteiger partial charge is 0.368 e. The van der Waals surface area contributed by atoms with Gasteiger partial charge in [-0.05, 0) is 36.4 Å². The van der Waals surface area contributed by atoms with Crippen molar-refractivity contribution in [2.24, 2.45) is 0 Å². The van der Waals surface area contributed by atoms with Gasteiger partial charge in [-0.1, -0.05) is 22.9 Å². The van der Waals surface area contributed by atoms with Crippen molar-refractivity contribution in [3.05, 3.63) is 47.6 Å². The fourth-order valence-corrected chi connectivity index (χ4v) is 3.79. The zero-order valence-corrected chi connectivity index (χ0v) is 13.5. The molecule has 3 aromatic rings. The zero-order valence-electron chi connectivity index (χ0n) is 11.9. The lowest BCUT2D eigenvalue weighted by Crippen LogP contribution is -2.46. The van der Waals surface area contributed by atoms with Crippen LogP contribution in [-0.4, -0.2) is 36.1 Å². The molecule has 1 aliphatic rings. The molecule has 0 bridgehead atoms. The van der Waals surface area contributed by atoms with Crippen molar-refractivity contribution in [3.63, 3.8) is 0 Å². The predicted octanol–water partition coefficient (Wildman–Crippen LogP) is 3.67. The third kappa shape index (κ3) is 2.62. The van der Waals surface area contributed by atoms with Crippen molar-refractivity contribution in [1.29, 1.82) is 0 Å². The van der Waals surface area contributed by atoms with Gasteiger partial charge in [0.15, 0.2) is 5.13 Å². The summed E-state index contributed by atoms with van der Waals surface area (Å²) in [6.45, 7) is 3.93. The minimum Gasteiger partial charge on any atom is -0.368 e. The number of hydrogen-bond acceptors (Lipinski definition) is 5. The topological polar surface area (TPSA) is 32.3 Å². The molecule has 112 valence electrons. The van der Waals surface area contributed by atoms with Crippen LogP contribution in [0.3, 0.4) is 0 Å². The number of halogens is 1. The summed E-state index contributed by atoms with van der Waals surface area (Å²) in [6.07, 6.45) is 1.82. The summed E-state index contributed by atoms with van der Waals surface area (Å²) in [7, 11) is 0. The van der Waals surface area contributed by atoms with Gasteiger partial charge in [-0.3, -0.25) is 0 Å². The van der Waals surface area contributed by atoms with E-state index < -0.39 is 0 Å². The molecule has 0 N–H and O–H groups in total. The lowest BCUT2D eigenvalue weighted by Gasteiger charge is -2.35.